The Kier molecular flexibility index (Phi) is 6.27. The first-order chi connectivity index (χ1) is 19.5. The van der Waals surface area contributed by atoms with E-state index in [1.807, 2.05) is 42.1 Å². The van der Waals surface area contributed by atoms with E-state index < -0.39 is 5.82 Å². The molecule has 1 N–H and O–H groups in total. The van der Waals surface area contributed by atoms with Crippen LogP contribution in [-0.4, -0.2) is 50.6 Å². The maximum Gasteiger partial charge on any atom is 0.261 e. The Morgan fingerprint density at radius 1 is 1.10 bits per heavy atom. The molecule has 1 amide bonds. The molecular weight excluding hydrogens is 509 g/mol. The van der Waals surface area contributed by atoms with Gasteiger partial charge in [-0.05, 0) is 73.8 Å². The summed E-state index contributed by atoms with van der Waals surface area (Å²) in [6, 6.07) is 9.63. The molecule has 0 spiro atoms. The second-order valence-corrected chi connectivity index (χ2v) is 10.8. The maximum atomic E-state index is 15.1. The molecule has 40 heavy (non-hydrogen) atoms. The predicted molar refractivity (Wildman–Crippen MR) is 148 cm³/mol. The van der Waals surface area contributed by atoms with Crippen LogP contribution in [0.15, 0.2) is 48.9 Å². The number of fused-ring (bicyclic) bond motifs is 1. The van der Waals surface area contributed by atoms with Gasteiger partial charge in [0.05, 0.1) is 35.4 Å². The number of benzene rings is 2. The summed E-state index contributed by atoms with van der Waals surface area (Å²) in [7, 11) is 0. The zero-order chi connectivity index (χ0) is 27.2. The fourth-order valence-corrected chi connectivity index (χ4v) is 5.84. The van der Waals surface area contributed by atoms with E-state index in [2.05, 4.69) is 20.6 Å². The predicted octanol–water partition coefficient (Wildman–Crippen LogP) is 5.36. The summed E-state index contributed by atoms with van der Waals surface area (Å²) in [6.07, 6.45) is 9.99. The van der Waals surface area contributed by atoms with Crippen molar-refractivity contribution in [2.24, 2.45) is 0 Å². The average Bonchev–Trinajstić information content (AvgIpc) is 3.72. The molecule has 3 aliphatic rings. The summed E-state index contributed by atoms with van der Waals surface area (Å²) in [5, 5.41) is 16.0. The number of hydrogen-bond acceptors (Lipinski definition) is 7. The fraction of sp³-hybridized carbons (Fsp3) is 0.367. The van der Waals surface area contributed by atoms with Crippen LogP contribution in [0, 0.1) is 12.7 Å². The molecule has 10 heteroatoms. The number of carbonyl (C=O) groups is 1. The molecule has 1 saturated carbocycles. The van der Waals surface area contributed by atoms with Crippen molar-refractivity contribution >= 4 is 23.2 Å². The second kappa shape index (κ2) is 10.1. The van der Waals surface area contributed by atoms with Crippen molar-refractivity contribution in [3.63, 3.8) is 0 Å². The van der Waals surface area contributed by atoms with Crippen LogP contribution in [0.4, 0.5) is 21.7 Å². The normalized spacial score (nSPS) is 17.6. The Balaban J connectivity index is 1.14. The molecule has 0 radical (unpaired) electrons. The Labute approximate surface area is 231 Å². The van der Waals surface area contributed by atoms with Crippen molar-refractivity contribution in [1.29, 1.82) is 0 Å². The van der Waals surface area contributed by atoms with Crippen LogP contribution in [0.3, 0.4) is 0 Å². The third-order valence-electron chi connectivity index (χ3n) is 8.16. The molecule has 2 aromatic carbocycles. The Morgan fingerprint density at radius 2 is 1.95 bits per heavy atom. The molecule has 2 fully saturated rings. The smallest absolute Gasteiger partial charge is 0.261 e. The van der Waals surface area contributed by atoms with E-state index in [0.717, 1.165) is 72.5 Å². The molecule has 4 heterocycles. The molecule has 2 aliphatic heterocycles. The first kappa shape index (κ1) is 24.8. The Bertz CT molecular complexity index is 1590. The van der Waals surface area contributed by atoms with Gasteiger partial charge >= 0.3 is 0 Å². The van der Waals surface area contributed by atoms with Crippen LogP contribution >= 0.6 is 0 Å². The van der Waals surface area contributed by atoms with E-state index in [-0.39, 0.29) is 11.5 Å². The zero-order valence-corrected chi connectivity index (χ0v) is 22.3. The topological polar surface area (TPSA) is 98.1 Å². The third-order valence-corrected chi connectivity index (χ3v) is 8.16. The number of ether oxygens (including phenoxy) is 1. The molecule has 4 aromatic rings. The van der Waals surface area contributed by atoms with Crippen molar-refractivity contribution in [3.05, 3.63) is 77.0 Å². The Morgan fingerprint density at radius 3 is 2.77 bits per heavy atom. The molecule has 1 aliphatic carbocycles. The van der Waals surface area contributed by atoms with Crippen molar-refractivity contribution in [1.82, 2.24) is 25.0 Å². The average molecular weight is 540 g/mol. The van der Waals surface area contributed by atoms with E-state index in [1.54, 1.807) is 23.4 Å². The molecule has 0 atom stereocenters. The van der Waals surface area contributed by atoms with Crippen LogP contribution in [0.25, 0.3) is 11.3 Å². The van der Waals surface area contributed by atoms with Gasteiger partial charge in [-0.1, -0.05) is 18.2 Å². The third kappa shape index (κ3) is 4.62. The number of aromatic nitrogens is 5. The quantitative estimate of drug-likeness (QED) is 0.352. The maximum absolute atomic E-state index is 15.1. The number of nitrogens with one attached hydrogen (secondary N) is 1. The minimum absolute atomic E-state index is 0.192. The van der Waals surface area contributed by atoms with Gasteiger partial charge in [0.2, 0.25) is 5.95 Å². The van der Waals surface area contributed by atoms with E-state index >= 15 is 4.39 Å². The largest absolute Gasteiger partial charge is 0.381 e. The summed E-state index contributed by atoms with van der Waals surface area (Å²) in [5.74, 6) is 0.0750. The van der Waals surface area contributed by atoms with E-state index in [0.29, 0.717) is 36.6 Å². The molecule has 0 bridgehead atoms. The first-order valence-corrected chi connectivity index (χ1v) is 13.9. The molecule has 204 valence electrons. The van der Waals surface area contributed by atoms with Gasteiger partial charge in [-0.3, -0.25) is 9.48 Å². The molecule has 7 rings (SSSR count). The molecule has 9 nitrogen and oxygen atoms in total. The first-order valence-electron chi connectivity index (χ1n) is 13.9. The minimum atomic E-state index is -0.418. The van der Waals surface area contributed by atoms with Gasteiger partial charge in [0.25, 0.3) is 5.91 Å². The lowest BCUT2D eigenvalue weighted by atomic mass is 9.93. The fourth-order valence-electron chi connectivity index (χ4n) is 5.84. The van der Waals surface area contributed by atoms with Crippen LogP contribution in [0.5, 0.6) is 0 Å². The van der Waals surface area contributed by atoms with E-state index in [4.69, 9.17) is 9.72 Å². The van der Waals surface area contributed by atoms with Crippen molar-refractivity contribution < 1.29 is 13.9 Å². The lowest BCUT2D eigenvalue weighted by molar-refractivity contribution is 0.0662. The molecule has 2 aromatic heterocycles. The van der Waals surface area contributed by atoms with E-state index in [1.165, 1.54) is 0 Å². The number of nitrogens with zero attached hydrogens (tertiary/aromatic N) is 6. The monoisotopic (exact) mass is 539 g/mol. The standard InChI is InChI=1S/C30H30FN7O2/c1-18-24(26-16-32-36-30(35-26)34-22-15-33-38(17-22)23-8-11-40-12-9-23)3-2-4-27(18)37-10-7-20-13-21(19-5-6-19)14-25(31)28(20)29(37)39/h2-4,13-17,19,23H,5-12H2,1H3,(H,34,35,36). The van der Waals surface area contributed by atoms with Crippen LogP contribution < -0.4 is 10.2 Å². The molecule has 1 saturated heterocycles. The summed E-state index contributed by atoms with van der Waals surface area (Å²) in [6.45, 7) is 3.93. The van der Waals surface area contributed by atoms with Crippen LogP contribution in [0.2, 0.25) is 0 Å². The number of carbonyl (C=O) groups excluding carboxylic acids is 1. The highest BCUT2D eigenvalue weighted by Crippen LogP contribution is 2.42. The van der Waals surface area contributed by atoms with Gasteiger partial charge in [0.15, 0.2) is 0 Å². The number of anilines is 3. The molecular formula is C30H30FN7O2. The SMILES string of the molecule is Cc1c(-c2cnnc(Nc3cnn(C4CCOCC4)c3)n2)cccc1N1CCc2cc(C3CC3)cc(F)c2C1=O. The summed E-state index contributed by atoms with van der Waals surface area (Å²) in [4.78, 5) is 19.9. The summed E-state index contributed by atoms with van der Waals surface area (Å²) < 4.78 is 22.6. The lowest BCUT2D eigenvalue weighted by Gasteiger charge is -2.31. The highest BCUT2D eigenvalue weighted by Gasteiger charge is 2.33. The second-order valence-electron chi connectivity index (χ2n) is 10.8. The number of amides is 1. The minimum Gasteiger partial charge on any atom is -0.381 e. The summed E-state index contributed by atoms with van der Waals surface area (Å²) >= 11 is 0. The van der Waals surface area contributed by atoms with Crippen molar-refractivity contribution in [3.8, 4) is 11.3 Å². The van der Waals surface area contributed by atoms with Crippen LogP contribution in [0.1, 0.15) is 64.7 Å². The number of rotatable bonds is 6. The van der Waals surface area contributed by atoms with Gasteiger partial charge in [0.1, 0.15) is 5.82 Å². The summed E-state index contributed by atoms with van der Waals surface area (Å²) in [5.41, 5.74) is 5.87. The highest BCUT2D eigenvalue weighted by molar-refractivity contribution is 6.09. The van der Waals surface area contributed by atoms with E-state index in [9.17, 15) is 4.79 Å². The van der Waals surface area contributed by atoms with Gasteiger partial charge in [-0.15, -0.1) is 5.10 Å². The lowest BCUT2D eigenvalue weighted by Crippen LogP contribution is -2.39. The van der Waals surface area contributed by atoms with Crippen LogP contribution in [-0.2, 0) is 11.2 Å². The van der Waals surface area contributed by atoms with Gasteiger partial charge in [0, 0.05) is 37.2 Å². The Hall–Kier alpha value is -4.18. The van der Waals surface area contributed by atoms with Gasteiger partial charge in [-0.2, -0.15) is 10.2 Å². The highest BCUT2D eigenvalue weighted by atomic mass is 19.1. The number of hydrogen-bond donors (Lipinski definition) is 1. The zero-order valence-electron chi connectivity index (χ0n) is 22.3. The van der Waals surface area contributed by atoms with Gasteiger partial charge in [-0.25, -0.2) is 9.37 Å². The van der Waals surface area contributed by atoms with Crippen molar-refractivity contribution in [2.75, 3.05) is 30.0 Å². The molecule has 0 unspecified atom stereocenters. The number of halogens is 1. The van der Waals surface area contributed by atoms with Crippen molar-refractivity contribution in [2.45, 2.75) is 51.0 Å². The van der Waals surface area contributed by atoms with Gasteiger partial charge < -0.3 is 15.0 Å².